The summed E-state index contributed by atoms with van der Waals surface area (Å²) in [5.74, 6) is 0.896. The summed E-state index contributed by atoms with van der Waals surface area (Å²) in [5.41, 5.74) is 4.36. The molecule has 0 saturated carbocycles. The second-order valence-corrected chi connectivity index (χ2v) is 7.06. The predicted molar refractivity (Wildman–Crippen MR) is 99.1 cm³/mol. The van der Waals surface area contributed by atoms with Crippen LogP contribution in [0.3, 0.4) is 0 Å². The number of thiazole rings is 1. The summed E-state index contributed by atoms with van der Waals surface area (Å²) in [6.45, 7) is 0. The van der Waals surface area contributed by atoms with Crippen molar-refractivity contribution < 1.29 is 9.53 Å². The Morgan fingerprint density at radius 3 is 2.83 bits per heavy atom. The Morgan fingerprint density at radius 1 is 1.29 bits per heavy atom. The Balaban J connectivity index is 1.49. The lowest BCUT2D eigenvalue weighted by Crippen LogP contribution is -2.19. The number of carbonyl (C=O) groups is 1. The van der Waals surface area contributed by atoms with Crippen molar-refractivity contribution in [1.29, 1.82) is 0 Å². The molecule has 5 nitrogen and oxygen atoms in total. The fourth-order valence-corrected chi connectivity index (χ4v) is 3.80. The number of para-hydroxylation sites is 1. The second-order valence-electron chi connectivity index (χ2n) is 4.80. The molecular formula is C17H15N3O2S2. The summed E-state index contributed by atoms with van der Waals surface area (Å²) in [6, 6.07) is 15.3. The first-order valence-electron chi connectivity index (χ1n) is 7.19. The third kappa shape index (κ3) is 4.33. The number of rotatable bonds is 6. The van der Waals surface area contributed by atoms with Crippen molar-refractivity contribution in [3.8, 4) is 5.75 Å². The molecule has 0 unspecified atom stereocenters. The van der Waals surface area contributed by atoms with E-state index in [0.717, 1.165) is 25.9 Å². The Kier molecular flexibility index (Phi) is 5.45. The number of fused-ring (bicyclic) bond motifs is 1. The van der Waals surface area contributed by atoms with Gasteiger partial charge >= 0.3 is 0 Å². The van der Waals surface area contributed by atoms with Gasteiger partial charge in [0.1, 0.15) is 5.75 Å². The lowest BCUT2D eigenvalue weighted by molar-refractivity contribution is -0.118. The largest absolute Gasteiger partial charge is 0.497 e. The predicted octanol–water partition coefficient (Wildman–Crippen LogP) is 3.55. The number of thioether (sulfide) groups is 1. The zero-order valence-electron chi connectivity index (χ0n) is 12.9. The Morgan fingerprint density at radius 2 is 2.08 bits per heavy atom. The summed E-state index contributed by atoms with van der Waals surface area (Å²) >= 11 is 3.00. The van der Waals surface area contributed by atoms with Crippen molar-refractivity contribution in [3.05, 3.63) is 54.1 Å². The molecule has 0 radical (unpaired) electrons. The van der Waals surface area contributed by atoms with Crippen LogP contribution in [0.4, 0.5) is 0 Å². The van der Waals surface area contributed by atoms with Gasteiger partial charge in [0.05, 0.1) is 29.3 Å². The topological polar surface area (TPSA) is 63.6 Å². The first kappa shape index (κ1) is 16.5. The van der Waals surface area contributed by atoms with E-state index in [9.17, 15) is 4.79 Å². The maximum absolute atomic E-state index is 11.8. The van der Waals surface area contributed by atoms with E-state index in [4.69, 9.17) is 4.74 Å². The number of nitrogens with zero attached hydrogens (tertiary/aromatic N) is 2. The number of hydrazone groups is 1. The summed E-state index contributed by atoms with van der Waals surface area (Å²) in [4.78, 5) is 16.3. The molecule has 0 bridgehead atoms. The molecule has 1 aromatic heterocycles. The number of hydrogen-bond donors (Lipinski definition) is 1. The third-order valence-corrected chi connectivity index (χ3v) is 5.30. The molecule has 2 aromatic carbocycles. The lowest BCUT2D eigenvalue weighted by Gasteiger charge is -1.99. The lowest BCUT2D eigenvalue weighted by atomic mass is 10.2. The Labute approximate surface area is 147 Å². The van der Waals surface area contributed by atoms with Crippen molar-refractivity contribution in [2.75, 3.05) is 12.9 Å². The number of amides is 1. The fourth-order valence-electron chi connectivity index (χ4n) is 1.94. The van der Waals surface area contributed by atoms with Gasteiger partial charge in [0.15, 0.2) is 4.34 Å². The van der Waals surface area contributed by atoms with Gasteiger partial charge in [0.2, 0.25) is 0 Å². The van der Waals surface area contributed by atoms with Gasteiger partial charge in [-0.1, -0.05) is 23.9 Å². The van der Waals surface area contributed by atoms with Crippen LogP contribution in [0.2, 0.25) is 0 Å². The fraction of sp³-hybridized carbons (Fsp3) is 0.118. The van der Waals surface area contributed by atoms with Crippen LogP contribution in [0, 0.1) is 0 Å². The highest BCUT2D eigenvalue weighted by Gasteiger charge is 2.06. The highest BCUT2D eigenvalue weighted by atomic mass is 32.2. The van der Waals surface area contributed by atoms with Crippen molar-refractivity contribution in [2.24, 2.45) is 5.10 Å². The van der Waals surface area contributed by atoms with Gasteiger partial charge in [0.25, 0.3) is 5.91 Å². The Hall–Kier alpha value is -2.38. The molecule has 0 fully saturated rings. The Bertz CT molecular complexity index is 827. The maximum Gasteiger partial charge on any atom is 0.250 e. The molecule has 0 aliphatic carbocycles. The highest BCUT2D eigenvalue weighted by Crippen LogP contribution is 2.28. The average Bonchev–Trinajstić information content (AvgIpc) is 3.03. The van der Waals surface area contributed by atoms with Crippen LogP contribution >= 0.6 is 23.1 Å². The molecule has 7 heteroatoms. The van der Waals surface area contributed by atoms with Crippen LogP contribution in [0.15, 0.2) is 58.0 Å². The summed E-state index contributed by atoms with van der Waals surface area (Å²) in [5, 5.41) is 3.96. The van der Waals surface area contributed by atoms with Crippen LogP contribution in [0.5, 0.6) is 5.75 Å². The van der Waals surface area contributed by atoms with E-state index in [1.165, 1.54) is 11.8 Å². The van der Waals surface area contributed by atoms with Gasteiger partial charge in [-0.2, -0.15) is 5.10 Å². The first-order chi connectivity index (χ1) is 11.7. The van der Waals surface area contributed by atoms with Crippen LogP contribution in [-0.4, -0.2) is 30.0 Å². The van der Waals surface area contributed by atoms with E-state index < -0.39 is 0 Å². The SMILES string of the molecule is COc1ccc(/C=N\NC(=O)CSc2nc3ccccc3s2)cc1. The minimum absolute atomic E-state index is 0.163. The third-order valence-electron chi connectivity index (χ3n) is 3.12. The zero-order chi connectivity index (χ0) is 16.8. The van der Waals surface area contributed by atoms with Crippen molar-refractivity contribution in [1.82, 2.24) is 10.4 Å². The van der Waals surface area contributed by atoms with Crippen LogP contribution < -0.4 is 10.2 Å². The van der Waals surface area contributed by atoms with Gasteiger partial charge in [-0.05, 0) is 42.0 Å². The van der Waals surface area contributed by atoms with Crippen molar-refractivity contribution in [3.63, 3.8) is 0 Å². The van der Waals surface area contributed by atoms with E-state index >= 15 is 0 Å². The van der Waals surface area contributed by atoms with Crippen LogP contribution in [0.25, 0.3) is 10.2 Å². The molecule has 0 saturated heterocycles. The number of benzene rings is 2. The van der Waals surface area contributed by atoms with Crippen LogP contribution in [-0.2, 0) is 4.79 Å². The molecule has 0 aliphatic rings. The highest BCUT2D eigenvalue weighted by molar-refractivity contribution is 8.01. The molecule has 0 spiro atoms. The number of methoxy groups -OCH3 is 1. The second kappa shape index (κ2) is 7.94. The van der Waals surface area contributed by atoms with Crippen molar-refractivity contribution >= 4 is 45.4 Å². The first-order valence-corrected chi connectivity index (χ1v) is 8.99. The minimum Gasteiger partial charge on any atom is -0.497 e. The molecule has 122 valence electrons. The standard InChI is InChI=1S/C17H15N3O2S2/c1-22-13-8-6-12(7-9-13)10-18-20-16(21)11-23-17-19-14-4-2-3-5-15(14)24-17/h2-10H,11H2,1H3,(H,20,21)/b18-10-. The van der Waals surface area contributed by atoms with E-state index in [1.807, 2.05) is 48.5 Å². The molecule has 0 aliphatic heterocycles. The summed E-state index contributed by atoms with van der Waals surface area (Å²) in [6.07, 6.45) is 1.60. The number of ether oxygens (including phenoxy) is 1. The molecule has 1 heterocycles. The molecule has 1 N–H and O–H groups in total. The van der Waals surface area contributed by atoms with Gasteiger partial charge in [-0.15, -0.1) is 11.3 Å². The molecular weight excluding hydrogens is 342 g/mol. The normalized spacial score (nSPS) is 11.0. The maximum atomic E-state index is 11.8. The number of hydrogen-bond acceptors (Lipinski definition) is 6. The summed E-state index contributed by atoms with van der Waals surface area (Å²) in [7, 11) is 1.62. The van der Waals surface area contributed by atoms with Gasteiger partial charge in [-0.3, -0.25) is 4.79 Å². The number of nitrogens with one attached hydrogen (secondary N) is 1. The van der Waals surface area contributed by atoms with E-state index in [-0.39, 0.29) is 11.7 Å². The minimum atomic E-state index is -0.163. The van der Waals surface area contributed by atoms with E-state index in [2.05, 4.69) is 15.5 Å². The quantitative estimate of drug-likeness (QED) is 0.416. The number of carbonyl (C=O) groups excluding carboxylic acids is 1. The smallest absolute Gasteiger partial charge is 0.250 e. The monoisotopic (exact) mass is 357 g/mol. The molecule has 0 atom stereocenters. The van der Waals surface area contributed by atoms with E-state index in [0.29, 0.717) is 0 Å². The average molecular weight is 357 g/mol. The summed E-state index contributed by atoms with van der Waals surface area (Å²) < 4.78 is 7.09. The molecule has 3 aromatic rings. The zero-order valence-corrected chi connectivity index (χ0v) is 14.6. The number of aromatic nitrogens is 1. The van der Waals surface area contributed by atoms with Gasteiger partial charge in [0, 0.05) is 0 Å². The van der Waals surface area contributed by atoms with Gasteiger partial charge < -0.3 is 4.74 Å². The molecule has 1 amide bonds. The van der Waals surface area contributed by atoms with E-state index in [1.54, 1.807) is 24.7 Å². The van der Waals surface area contributed by atoms with Gasteiger partial charge in [-0.25, -0.2) is 10.4 Å². The van der Waals surface area contributed by atoms with Crippen LogP contribution in [0.1, 0.15) is 5.56 Å². The molecule has 24 heavy (non-hydrogen) atoms. The van der Waals surface area contributed by atoms with Crippen molar-refractivity contribution in [2.45, 2.75) is 4.34 Å². The molecule has 3 rings (SSSR count).